The monoisotopic (exact) mass is 361 g/mol. The summed E-state index contributed by atoms with van der Waals surface area (Å²) in [6.07, 6.45) is 0.858. The number of hydrogen-bond donors (Lipinski definition) is 0. The maximum atomic E-state index is 13.1. The average Bonchev–Trinajstić information content (AvgIpc) is 3.27. The molecule has 0 radical (unpaired) electrons. The number of anilines is 1. The van der Waals surface area contributed by atoms with E-state index in [2.05, 4.69) is 6.07 Å². The van der Waals surface area contributed by atoms with Gasteiger partial charge in [-0.2, -0.15) is 0 Å². The molecule has 0 atom stereocenters. The van der Waals surface area contributed by atoms with Crippen molar-refractivity contribution in [2.75, 3.05) is 11.4 Å². The molecule has 0 bridgehead atoms. The normalized spacial score (nSPS) is 13.5. The van der Waals surface area contributed by atoms with Crippen LogP contribution in [-0.4, -0.2) is 12.5 Å². The first-order chi connectivity index (χ1) is 12.6. The molecule has 2 aromatic carbocycles. The molecule has 5 rings (SSSR count). The molecule has 0 saturated carbocycles. The number of hydrogen-bond acceptors (Lipinski definition) is 4. The fourth-order valence-electron chi connectivity index (χ4n) is 3.60. The summed E-state index contributed by atoms with van der Waals surface area (Å²) in [7, 11) is 0. The van der Waals surface area contributed by atoms with E-state index in [1.165, 1.54) is 16.9 Å². The molecule has 0 spiro atoms. The number of para-hydroxylation sites is 1. The number of carbonyl (C=O) groups is 1. The smallest absolute Gasteiger partial charge is 0.345 e. The van der Waals surface area contributed by atoms with Crippen LogP contribution in [0.3, 0.4) is 0 Å². The fourth-order valence-corrected chi connectivity index (χ4v) is 4.71. The average molecular weight is 361 g/mol. The van der Waals surface area contributed by atoms with E-state index in [0.29, 0.717) is 22.4 Å². The molecular weight excluding hydrogens is 346 g/mol. The second-order valence-corrected chi connectivity index (χ2v) is 7.63. The van der Waals surface area contributed by atoms with Crippen molar-refractivity contribution in [3.8, 4) is 0 Å². The van der Waals surface area contributed by atoms with Crippen LogP contribution in [0.5, 0.6) is 0 Å². The van der Waals surface area contributed by atoms with E-state index >= 15 is 0 Å². The molecule has 0 unspecified atom stereocenters. The lowest BCUT2D eigenvalue weighted by molar-refractivity contribution is 0.0993. The lowest BCUT2D eigenvalue weighted by atomic mass is 10.1. The van der Waals surface area contributed by atoms with Crippen molar-refractivity contribution in [1.29, 1.82) is 0 Å². The largest absolute Gasteiger partial charge is 0.422 e. The van der Waals surface area contributed by atoms with E-state index < -0.39 is 5.63 Å². The van der Waals surface area contributed by atoms with Crippen LogP contribution in [-0.2, 0) is 6.42 Å². The van der Waals surface area contributed by atoms with Crippen LogP contribution in [0.1, 0.15) is 20.8 Å². The number of aryl methyl sites for hydroxylation is 1. The Labute approximate surface area is 153 Å². The Bertz CT molecular complexity index is 1250. The Kier molecular flexibility index (Phi) is 3.27. The third-order valence-corrected chi connectivity index (χ3v) is 6.03. The molecule has 4 aromatic rings. The predicted molar refractivity (Wildman–Crippen MR) is 104 cm³/mol. The van der Waals surface area contributed by atoms with Crippen LogP contribution in [0.2, 0.25) is 0 Å². The standard InChI is InChI=1S/C21H15NO3S/c1-12-6-7-17-14(10-12)19-15(21(24)25-17)11-18(26-19)20(23)22-9-8-13-4-2-3-5-16(13)22/h2-7,10-11H,8-9H2,1H3. The quantitative estimate of drug-likeness (QED) is 0.468. The summed E-state index contributed by atoms with van der Waals surface area (Å²) in [5.41, 5.74) is 3.39. The Morgan fingerprint density at radius 2 is 1.96 bits per heavy atom. The van der Waals surface area contributed by atoms with Gasteiger partial charge in [-0.05, 0) is 43.2 Å². The van der Waals surface area contributed by atoms with Gasteiger partial charge in [0.2, 0.25) is 0 Å². The van der Waals surface area contributed by atoms with Gasteiger partial charge in [0.05, 0.1) is 15.0 Å². The molecule has 1 aliphatic heterocycles. The number of rotatable bonds is 1. The maximum Gasteiger partial charge on any atom is 0.345 e. The van der Waals surface area contributed by atoms with Gasteiger partial charge < -0.3 is 9.32 Å². The van der Waals surface area contributed by atoms with E-state index in [9.17, 15) is 9.59 Å². The van der Waals surface area contributed by atoms with Crippen LogP contribution in [0.15, 0.2) is 57.7 Å². The van der Waals surface area contributed by atoms with Crippen LogP contribution in [0.25, 0.3) is 21.1 Å². The highest BCUT2D eigenvalue weighted by molar-refractivity contribution is 7.21. The Balaban J connectivity index is 1.68. The van der Waals surface area contributed by atoms with Gasteiger partial charge in [-0.15, -0.1) is 11.3 Å². The van der Waals surface area contributed by atoms with Crippen molar-refractivity contribution in [3.05, 3.63) is 75.0 Å². The van der Waals surface area contributed by atoms with Gasteiger partial charge in [-0.25, -0.2) is 4.79 Å². The van der Waals surface area contributed by atoms with Crippen LogP contribution < -0.4 is 10.5 Å². The number of nitrogens with zero attached hydrogens (tertiary/aromatic N) is 1. The first kappa shape index (κ1) is 15.3. The Morgan fingerprint density at radius 3 is 2.85 bits per heavy atom. The minimum absolute atomic E-state index is 0.0589. The zero-order valence-corrected chi connectivity index (χ0v) is 14.9. The maximum absolute atomic E-state index is 13.1. The lowest BCUT2D eigenvalue weighted by Gasteiger charge is -2.15. The second kappa shape index (κ2) is 5.54. The molecule has 0 N–H and O–H groups in total. The summed E-state index contributed by atoms with van der Waals surface area (Å²) in [6, 6.07) is 15.4. The van der Waals surface area contributed by atoms with Gasteiger partial charge in [0.15, 0.2) is 0 Å². The van der Waals surface area contributed by atoms with E-state index in [-0.39, 0.29) is 5.91 Å². The molecule has 5 heteroatoms. The number of amides is 1. The predicted octanol–water partition coefficient (Wildman–Crippen LogP) is 4.52. The zero-order chi connectivity index (χ0) is 17.8. The molecule has 0 saturated heterocycles. The van der Waals surface area contributed by atoms with E-state index in [1.54, 1.807) is 11.0 Å². The highest BCUT2D eigenvalue weighted by atomic mass is 32.1. The van der Waals surface area contributed by atoms with Gasteiger partial charge in [-0.3, -0.25) is 4.79 Å². The van der Waals surface area contributed by atoms with Crippen molar-refractivity contribution in [2.45, 2.75) is 13.3 Å². The van der Waals surface area contributed by atoms with E-state index in [0.717, 1.165) is 27.8 Å². The Morgan fingerprint density at radius 1 is 1.12 bits per heavy atom. The number of benzene rings is 2. The molecule has 26 heavy (non-hydrogen) atoms. The van der Waals surface area contributed by atoms with E-state index in [4.69, 9.17) is 4.42 Å². The third kappa shape index (κ3) is 2.21. The van der Waals surface area contributed by atoms with Crippen LogP contribution >= 0.6 is 11.3 Å². The first-order valence-corrected chi connectivity index (χ1v) is 9.30. The van der Waals surface area contributed by atoms with Crippen molar-refractivity contribution >= 4 is 44.0 Å². The summed E-state index contributed by atoms with van der Waals surface area (Å²) in [6.45, 7) is 2.66. The topological polar surface area (TPSA) is 50.5 Å². The number of fused-ring (bicyclic) bond motifs is 4. The molecule has 1 aliphatic rings. The van der Waals surface area contributed by atoms with Crippen molar-refractivity contribution in [2.24, 2.45) is 0 Å². The molecule has 128 valence electrons. The summed E-state index contributed by atoms with van der Waals surface area (Å²) in [4.78, 5) is 27.8. The zero-order valence-electron chi connectivity index (χ0n) is 14.1. The number of thiophene rings is 1. The van der Waals surface area contributed by atoms with Gasteiger partial charge >= 0.3 is 5.63 Å². The fraction of sp³-hybridized carbons (Fsp3) is 0.143. The number of carbonyl (C=O) groups excluding carboxylic acids is 1. The van der Waals surface area contributed by atoms with Gasteiger partial charge in [0.25, 0.3) is 5.91 Å². The molecule has 3 heterocycles. The van der Waals surface area contributed by atoms with Gasteiger partial charge in [0, 0.05) is 17.6 Å². The molecule has 0 fully saturated rings. The minimum Gasteiger partial charge on any atom is -0.422 e. The third-order valence-electron chi connectivity index (χ3n) is 4.88. The molecule has 1 amide bonds. The van der Waals surface area contributed by atoms with Crippen LogP contribution in [0.4, 0.5) is 5.69 Å². The Hall–Kier alpha value is -2.92. The molecule has 0 aliphatic carbocycles. The van der Waals surface area contributed by atoms with Crippen molar-refractivity contribution < 1.29 is 9.21 Å². The SMILES string of the molecule is Cc1ccc2oc(=O)c3cc(C(=O)N4CCc5ccccc54)sc3c2c1. The summed E-state index contributed by atoms with van der Waals surface area (Å²) >= 11 is 1.37. The summed E-state index contributed by atoms with van der Waals surface area (Å²) in [5, 5.41) is 1.36. The molecule has 2 aromatic heterocycles. The van der Waals surface area contributed by atoms with Crippen LogP contribution in [0, 0.1) is 6.92 Å². The molecular formula is C21H15NO3S. The van der Waals surface area contributed by atoms with E-state index in [1.807, 2.05) is 43.3 Å². The second-order valence-electron chi connectivity index (χ2n) is 6.58. The molecule has 4 nitrogen and oxygen atoms in total. The lowest BCUT2D eigenvalue weighted by Crippen LogP contribution is -2.28. The first-order valence-electron chi connectivity index (χ1n) is 8.48. The minimum atomic E-state index is -0.395. The van der Waals surface area contributed by atoms with Gasteiger partial charge in [0.1, 0.15) is 5.58 Å². The van der Waals surface area contributed by atoms with Gasteiger partial charge in [-0.1, -0.05) is 29.8 Å². The summed E-state index contributed by atoms with van der Waals surface area (Å²) in [5.74, 6) is -0.0589. The van der Waals surface area contributed by atoms with Crippen molar-refractivity contribution in [3.63, 3.8) is 0 Å². The van der Waals surface area contributed by atoms with Crippen molar-refractivity contribution in [1.82, 2.24) is 0 Å². The highest BCUT2D eigenvalue weighted by Crippen LogP contribution is 2.34. The summed E-state index contributed by atoms with van der Waals surface area (Å²) < 4.78 is 6.25. The highest BCUT2D eigenvalue weighted by Gasteiger charge is 2.27.